The summed E-state index contributed by atoms with van der Waals surface area (Å²) in [4.78, 5) is 34.8. The quantitative estimate of drug-likeness (QED) is 0.356. The Morgan fingerprint density at radius 1 is 1.21 bits per heavy atom. The highest BCUT2D eigenvalue weighted by Gasteiger charge is 2.20. The van der Waals surface area contributed by atoms with Gasteiger partial charge in [-0.2, -0.15) is 0 Å². The first-order chi connectivity index (χ1) is 13.9. The number of furan rings is 1. The number of fused-ring (bicyclic) bond motifs is 1. The number of anilines is 1. The number of nitro benzene ring substituents is 1. The molecule has 1 heterocycles. The van der Waals surface area contributed by atoms with Crippen LogP contribution < -0.4 is 10.6 Å². The van der Waals surface area contributed by atoms with Crippen molar-refractivity contribution in [2.24, 2.45) is 0 Å². The number of nitro groups is 1. The summed E-state index contributed by atoms with van der Waals surface area (Å²) in [6, 6.07) is 12.6. The van der Waals surface area contributed by atoms with Crippen LogP contribution in [0, 0.1) is 10.1 Å². The smallest absolute Gasteiger partial charge is 0.341 e. The van der Waals surface area contributed by atoms with Crippen molar-refractivity contribution in [1.29, 1.82) is 0 Å². The predicted octanol–water partition coefficient (Wildman–Crippen LogP) is 3.42. The number of carbonyl (C=O) groups is 2. The molecule has 0 saturated heterocycles. The lowest BCUT2D eigenvalue weighted by molar-refractivity contribution is -0.384. The number of rotatable bonds is 7. The van der Waals surface area contributed by atoms with Crippen LogP contribution in [-0.2, 0) is 9.53 Å². The third kappa shape index (κ3) is 4.52. The van der Waals surface area contributed by atoms with Crippen molar-refractivity contribution >= 4 is 34.2 Å². The minimum absolute atomic E-state index is 0.0279. The third-order valence-electron chi connectivity index (χ3n) is 4.29. The fraction of sp³-hybridized carbons (Fsp3) is 0.200. The fourth-order valence-electron chi connectivity index (χ4n) is 2.81. The normalized spacial score (nSPS) is 11.7. The number of non-ortho nitro benzene ring substituents is 1. The van der Waals surface area contributed by atoms with E-state index < -0.39 is 29.4 Å². The lowest BCUT2D eigenvalue weighted by atomic mass is 10.1. The largest absolute Gasteiger partial charge is 0.459 e. The third-order valence-corrected chi connectivity index (χ3v) is 4.29. The van der Waals surface area contributed by atoms with E-state index in [-0.39, 0.29) is 11.3 Å². The highest BCUT2D eigenvalue weighted by Crippen LogP contribution is 2.24. The Bertz CT molecular complexity index is 1040. The summed E-state index contributed by atoms with van der Waals surface area (Å²) in [7, 11) is 1.57. The number of benzene rings is 2. The predicted molar refractivity (Wildman–Crippen MR) is 106 cm³/mol. The molecule has 0 saturated carbocycles. The van der Waals surface area contributed by atoms with E-state index >= 15 is 0 Å². The van der Waals surface area contributed by atoms with E-state index in [0.717, 1.165) is 11.5 Å². The number of amides is 1. The van der Waals surface area contributed by atoms with Crippen molar-refractivity contribution in [1.82, 2.24) is 5.32 Å². The zero-order chi connectivity index (χ0) is 21.0. The number of nitrogens with zero attached hydrogens (tertiary/aromatic N) is 1. The molecule has 0 aliphatic heterocycles. The highest BCUT2D eigenvalue weighted by atomic mass is 16.6. The maximum atomic E-state index is 12.3. The Labute approximate surface area is 165 Å². The van der Waals surface area contributed by atoms with Crippen LogP contribution in [0.3, 0.4) is 0 Å². The van der Waals surface area contributed by atoms with Gasteiger partial charge >= 0.3 is 5.97 Å². The molecule has 150 valence electrons. The van der Waals surface area contributed by atoms with Gasteiger partial charge in [-0.15, -0.1) is 0 Å². The van der Waals surface area contributed by atoms with Gasteiger partial charge in [0.25, 0.3) is 11.6 Å². The SMILES string of the molecule is CNc1ccc([N+](=O)[O-])cc1C(=O)OCC(=O)N[C@H](C)c1cc2ccccc2o1. The summed E-state index contributed by atoms with van der Waals surface area (Å²) >= 11 is 0. The summed E-state index contributed by atoms with van der Waals surface area (Å²) in [5.41, 5.74) is 0.788. The van der Waals surface area contributed by atoms with Gasteiger partial charge in [-0.1, -0.05) is 18.2 Å². The molecule has 1 aromatic heterocycles. The summed E-state index contributed by atoms with van der Waals surface area (Å²) < 4.78 is 10.7. The van der Waals surface area contributed by atoms with E-state index in [0.29, 0.717) is 17.0 Å². The zero-order valence-electron chi connectivity index (χ0n) is 15.8. The summed E-state index contributed by atoms with van der Waals surface area (Å²) in [6.07, 6.45) is 0. The molecule has 0 fully saturated rings. The van der Waals surface area contributed by atoms with Gasteiger partial charge in [0.15, 0.2) is 6.61 Å². The number of hydrogen-bond donors (Lipinski definition) is 2. The maximum absolute atomic E-state index is 12.3. The molecule has 0 spiro atoms. The number of hydrogen-bond acceptors (Lipinski definition) is 7. The molecule has 1 amide bonds. The fourth-order valence-corrected chi connectivity index (χ4v) is 2.81. The molecule has 2 N–H and O–H groups in total. The number of nitrogens with one attached hydrogen (secondary N) is 2. The lowest BCUT2D eigenvalue weighted by Crippen LogP contribution is -2.31. The first kappa shape index (κ1) is 19.9. The first-order valence-corrected chi connectivity index (χ1v) is 8.80. The van der Waals surface area contributed by atoms with Crippen molar-refractivity contribution < 1.29 is 23.7 Å². The van der Waals surface area contributed by atoms with Crippen LogP contribution >= 0.6 is 0 Å². The average Bonchev–Trinajstić information content (AvgIpc) is 3.16. The second-order valence-corrected chi connectivity index (χ2v) is 6.29. The van der Waals surface area contributed by atoms with Gasteiger partial charge in [0.05, 0.1) is 16.5 Å². The van der Waals surface area contributed by atoms with E-state index in [9.17, 15) is 19.7 Å². The van der Waals surface area contributed by atoms with Crippen molar-refractivity contribution in [2.75, 3.05) is 19.0 Å². The van der Waals surface area contributed by atoms with E-state index in [1.165, 1.54) is 12.1 Å². The molecule has 9 nitrogen and oxygen atoms in total. The van der Waals surface area contributed by atoms with Crippen molar-refractivity contribution in [3.05, 3.63) is 70.0 Å². The van der Waals surface area contributed by atoms with E-state index in [1.807, 2.05) is 30.3 Å². The minimum Gasteiger partial charge on any atom is -0.459 e. The Balaban J connectivity index is 1.62. The molecule has 0 aliphatic carbocycles. The Morgan fingerprint density at radius 3 is 2.66 bits per heavy atom. The van der Waals surface area contributed by atoms with Gasteiger partial charge < -0.3 is 19.8 Å². The van der Waals surface area contributed by atoms with Crippen LogP contribution in [-0.4, -0.2) is 30.5 Å². The van der Waals surface area contributed by atoms with Crippen LogP contribution in [0.5, 0.6) is 0 Å². The number of para-hydroxylation sites is 1. The van der Waals surface area contributed by atoms with E-state index in [1.54, 1.807) is 14.0 Å². The van der Waals surface area contributed by atoms with Crippen LogP contribution in [0.15, 0.2) is 52.9 Å². The first-order valence-electron chi connectivity index (χ1n) is 8.80. The maximum Gasteiger partial charge on any atom is 0.341 e. The Kier molecular flexibility index (Phi) is 5.77. The van der Waals surface area contributed by atoms with Crippen molar-refractivity contribution in [3.8, 4) is 0 Å². The standard InChI is InChI=1S/C20H19N3O6/c1-12(18-9-13-5-3-4-6-17(13)29-18)22-19(24)11-28-20(25)15-10-14(23(26)27)7-8-16(15)21-2/h3-10,12,21H,11H2,1-2H3,(H,22,24)/t12-/m1/s1. The molecule has 2 aromatic carbocycles. The topological polar surface area (TPSA) is 124 Å². The Morgan fingerprint density at radius 2 is 1.97 bits per heavy atom. The van der Waals surface area contributed by atoms with Gasteiger partial charge in [0.2, 0.25) is 0 Å². The molecule has 29 heavy (non-hydrogen) atoms. The molecule has 9 heteroatoms. The molecule has 0 aliphatic rings. The minimum atomic E-state index is -0.843. The van der Waals surface area contributed by atoms with Gasteiger partial charge in [-0.05, 0) is 25.1 Å². The Hall–Kier alpha value is -3.88. The molecular weight excluding hydrogens is 378 g/mol. The number of ether oxygens (including phenoxy) is 1. The molecule has 1 atom stereocenters. The molecule has 0 radical (unpaired) electrons. The van der Waals surface area contributed by atoms with Gasteiger partial charge in [0, 0.05) is 30.3 Å². The van der Waals surface area contributed by atoms with Crippen molar-refractivity contribution in [2.45, 2.75) is 13.0 Å². The van der Waals surface area contributed by atoms with Gasteiger partial charge in [0.1, 0.15) is 11.3 Å². The summed E-state index contributed by atoms with van der Waals surface area (Å²) in [6.45, 7) is 1.21. The molecule has 3 aromatic rings. The van der Waals surface area contributed by atoms with Gasteiger partial charge in [-0.3, -0.25) is 14.9 Å². The van der Waals surface area contributed by atoms with Crippen LogP contribution in [0.4, 0.5) is 11.4 Å². The average molecular weight is 397 g/mol. The molecule has 0 bridgehead atoms. The monoisotopic (exact) mass is 397 g/mol. The van der Waals surface area contributed by atoms with Crippen LogP contribution in [0.2, 0.25) is 0 Å². The molecular formula is C20H19N3O6. The second kappa shape index (κ2) is 8.42. The molecule has 3 rings (SSSR count). The zero-order valence-corrected chi connectivity index (χ0v) is 15.8. The highest BCUT2D eigenvalue weighted by molar-refractivity contribution is 5.97. The van der Waals surface area contributed by atoms with Crippen molar-refractivity contribution in [3.63, 3.8) is 0 Å². The number of carbonyl (C=O) groups excluding carboxylic acids is 2. The summed E-state index contributed by atoms with van der Waals surface area (Å²) in [5, 5.41) is 17.3. The lowest BCUT2D eigenvalue weighted by Gasteiger charge is -2.12. The molecule has 0 unspecified atom stereocenters. The van der Waals surface area contributed by atoms with Crippen LogP contribution in [0.25, 0.3) is 11.0 Å². The van der Waals surface area contributed by atoms with E-state index in [2.05, 4.69) is 10.6 Å². The van der Waals surface area contributed by atoms with E-state index in [4.69, 9.17) is 9.15 Å². The number of esters is 1. The second-order valence-electron chi connectivity index (χ2n) is 6.29. The summed E-state index contributed by atoms with van der Waals surface area (Å²) in [5.74, 6) is -0.797. The van der Waals surface area contributed by atoms with Gasteiger partial charge in [-0.25, -0.2) is 4.79 Å². The van der Waals surface area contributed by atoms with Crippen LogP contribution in [0.1, 0.15) is 29.1 Å².